The maximum atomic E-state index is 13.0. The minimum absolute atomic E-state index is 0.166. The Morgan fingerprint density at radius 2 is 1.85 bits per heavy atom. The van der Waals surface area contributed by atoms with Crippen LogP contribution in [-0.4, -0.2) is 48.5 Å². The van der Waals surface area contributed by atoms with Crippen LogP contribution in [0.15, 0.2) is 47.6 Å². The Labute approximate surface area is 159 Å². The summed E-state index contributed by atoms with van der Waals surface area (Å²) in [4.78, 5) is 5.09. The molecule has 0 aromatic heterocycles. The molecule has 5 heteroatoms. The van der Waals surface area contributed by atoms with E-state index in [0.717, 1.165) is 44.6 Å². The first-order chi connectivity index (χ1) is 13.2. The molecule has 1 fully saturated rings. The van der Waals surface area contributed by atoms with Gasteiger partial charge in [-0.3, -0.25) is 0 Å². The molecule has 142 valence electrons. The minimum atomic E-state index is -0.166. The van der Waals surface area contributed by atoms with Crippen molar-refractivity contribution >= 4 is 11.9 Å². The van der Waals surface area contributed by atoms with Gasteiger partial charge in [0.2, 0.25) is 0 Å². The van der Waals surface area contributed by atoms with Gasteiger partial charge in [-0.25, -0.2) is 4.39 Å². The molecule has 27 heavy (non-hydrogen) atoms. The van der Waals surface area contributed by atoms with Crippen LogP contribution >= 0.6 is 0 Å². The van der Waals surface area contributed by atoms with Crippen molar-refractivity contribution in [2.24, 2.45) is 5.16 Å². The van der Waals surface area contributed by atoms with E-state index >= 15 is 0 Å². The van der Waals surface area contributed by atoms with Crippen LogP contribution in [0.2, 0.25) is 0 Å². The van der Waals surface area contributed by atoms with Crippen LogP contribution in [0, 0.1) is 5.82 Å². The molecule has 0 amide bonds. The number of piperidine rings is 1. The van der Waals surface area contributed by atoms with E-state index in [1.807, 2.05) is 18.2 Å². The second-order valence-corrected chi connectivity index (χ2v) is 7.53. The SMILES string of the molecule is O/N=C\c1ccc2c(c1)CCN2C1CCN(CCc2ccc(F)cc2)CC1. The first-order valence-corrected chi connectivity index (χ1v) is 9.77. The van der Waals surface area contributed by atoms with Crippen molar-refractivity contribution in [3.8, 4) is 0 Å². The molecule has 0 spiro atoms. The van der Waals surface area contributed by atoms with Gasteiger partial charge in [-0.2, -0.15) is 0 Å². The molecule has 4 rings (SSSR count). The molecule has 2 heterocycles. The number of oxime groups is 1. The van der Waals surface area contributed by atoms with Crippen molar-refractivity contribution in [1.29, 1.82) is 0 Å². The maximum absolute atomic E-state index is 13.0. The van der Waals surface area contributed by atoms with Crippen LogP contribution in [0.4, 0.5) is 10.1 Å². The third-order valence-electron chi connectivity index (χ3n) is 5.87. The second kappa shape index (κ2) is 8.09. The number of hydrogen-bond acceptors (Lipinski definition) is 4. The summed E-state index contributed by atoms with van der Waals surface area (Å²) in [5.74, 6) is -0.166. The number of halogens is 1. The van der Waals surface area contributed by atoms with Gasteiger partial charge in [-0.1, -0.05) is 23.4 Å². The Balaban J connectivity index is 1.30. The van der Waals surface area contributed by atoms with Crippen molar-refractivity contribution in [3.05, 3.63) is 65.0 Å². The van der Waals surface area contributed by atoms with Crippen LogP contribution in [-0.2, 0) is 12.8 Å². The molecule has 0 aliphatic carbocycles. The average Bonchev–Trinajstić information content (AvgIpc) is 3.11. The van der Waals surface area contributed by atoms with E-state index in [2.05, 4.69) is 27.1 Å². The highest BCUT2D eigenvalue weighted by Crippen LogP contribution is 2.33. The third kappa shape index (κ3) is 4.14. The number of fused-ring (bicyclic) bond motifs is 1. The van der Waals surface area contributed by atoms with E-state index < -0.39 is 0 Å². The number of likely N-dealkylation sites (tertiary alicyclic amines) is 1. The maximum Gasteiger partial charge on any atom is 0.123 e. The lowest BCUT2D eigenvalue weighted by molar-refractivity contribution is 0.212. The van der Waals surface area contributed by atoms with E-state index in [0.29, 0.717) is 6.04 Å². The molecule has 0 radical (unpaired) electrons. The fourth-order valence-electron chi connectivity index (χ4n) is 4.37. The van der Waals surface area contributed by atoms with Gasteiger partial charge in [-0.15, -0.1) is 0 Å². The van der Waals surface area contributed by atoms with E-state index in [9.17, 15) is 4.39 Å². The van der Waals surface area contributed by atoms with Gasteiger partial charge < -0.3 is 15.0 Å². The molecule has 2 aliphatic heterocycles. The molecule has 4 nitrogen and oxygen atoms in total. The molecule has 0 unspecified atom stereocenters. The van der Waals surface area contributed by atoms with Crippen molar-refractivity contribution < 1.29 is 9.60 Å². The van der Waals surface area contributed by atoms with Crippen molar-refractivity contribution in [3.63, 3.8) is 0 Å². The number of hydrogen-bond donors (Lipinski definition) is 1. The number of rotatable bonds is 5. The molecule has 1 N–H and O–H groups in total. The zero-order valence-electron chi connectivity index (χ0n) is 15.5. The summed E-state index contributed by atoms with van der Waals surface area (Å²) < 4.78 is 13.0. The van der Waals surface area contributed by atoms with Gasteiger partial charge >= 0.3 is 0 Å². The Morgan fingerprint density at radius 3 is 2.59 bits per heavy atom. The van der Waals surface area contributed by atoms with Crippen molar-refractivity contribution in [2.75, 3.05) is 31.1 Å². The van der Waals surface area contributed by atoms with Crippen molar-refractivity contribution in [2.45, 2.75) is 31.7 Å². The fraction of sp³-hybridized carbons (Fsp3) is 0.409. The quantitative estimate of drug-likeness (QED) is 0.498. The predicted molar refractivity (Wildman–Crippen MR) is 106 cm³/mol. The Morgan fingerprint density at radius 1 is 1.07 bits per heavy atom. The highest BCUT2D eigenvalue weighted by molar-refractivity contribution is 5.81. The molecule has 2 aliphatic rings. The lowest BCUT2D eigenvalue weighted by Crippen LogP contribution is -2.45. The smallest absolute Gasteiger partial charge is 0.123 e. The Hall–Kier alpha value is -2.40. The normalized spacial score (nSPS) is 18.3. The van der Waals surface area contributed by atoms with Gasteiger partial charge in [0.25, 0.3) is 0 Å². The molecule has 1 saturated heterocycles. The van der Waals surface area contributed by atoms with Crippen LogP contribution in [0.1, 0.15) is 29.5 Å². The Kier molecular flexibility index (Phi) is 5.39. The summed E-state index contributed by atoms with van der Waals surface area (Å²) in [5, 5.41) is 11.8. The largest absolute Gasteiger partial charge is 0.411 e. The lowest BCUT2D eigenvalue weighted by atomic mass is 10.0. The van der Waals surface area contributed by atoms with E-state index in [4.69, 9.17) is 5.21 Å². The molecule has 0 atom stereocenters. The predicted octanol–water partition coefficient (Wildman–Crippen LogP) is 3.70. The summed E-state index contributed by atoms with van der Waals surface area (Å²) in [5.41, 5.74) is 4.85. The van der Waals surface area contributed by atoms with E-state index in [1.54, 1.807) is 12.1 Å². The van der Waals surface area contributed by atoms with Gasteiger partial charge in [0.1, 0.15) is 5.82 Å². The summed E-state index contributed by atoms with van der Waals surface area (Å²) >= 11 is 0. The molecular weight excluding hydrogens is 341 g/mol. The molecular formula is C22H26FN3O. The lowest BCUT2D eigenvalue weighted by Gasteiger charge is -2.38. The van der Waals surface area contributed by atoms with E-state index in [1.165, 1.54) is 35.9 Å². The minimum Gasteiger partial charge on any atom is -0.411 e. The summed E-state index contributed by atoms with van der Waals surface area (Å²) in [6.07, 6.45) is 5.90. The van der Waals surface area contributed by atoms with E-state index in [-0.39, 0.29) is 5.82 Å². The third-order valence-corrected chi connectivity index (χ3v) is 5.87. The van der Waals surface area contributed by atoms with Crippen LogP contribution in [0.25, 0.3) is 0 Å². The molecule has 2 aromatic carbocycles. The van der Waals surface area contributed by atoms with Gasteiger partial charge in [0, 0.05) is 37.9 Å². The van der Waals surface area contributed by atoms with Crippen molar-refractivity contribution in [1.82, 2.24) is 4.90 Å². The first kappa shape index (κ1) is 18.0. The van der Waals surface area contributed by atoms with Crippen LogP contribution < -0.4 is 4.90 Å². The van der Waals surface area contributed by atoms with Gasteiger partial charge in [0.15, 0.2) is 0 Å². The van der Waals surface area contributed by atoms with Crippen LogP contribution in [0.5, 0.6) is 0 Å². The standard InChI is InChI=1S/C22H26FN3O/c23-20-4-1-17(2-5-20)7-11-25-12-9-21(10-13-25)26-14-8-19-15-18(16-24-27)3-6-22(19)26/h1-6,15-16,21,27H,7-14H2/b24-16-. The number of nitrogens with zero attached hydrogens (tertiary/aromatic N) is 3. The zero-order valence-corrected chi connectivity index (χ0v) is 15.5. The summed E-state index contributed by atoms with van der Waals surface area (Å²) in [6.45, 7) is 4.36. The highest BCUT2D eigenvalue weighted by atomic mass is 19.1. The monoisotopic (exact) mass is 367 g/mol. The molecule has 0 bridgehead atoms. The molecule has 0 saturated carbocycles. The van der Waals surface area contributed by atoms with Gasteiger partial charge in [-0.05, 0) is 66.6 Å². The number of anilines is 1. The zero-order chi connectivity index (χ0) is 18.6. The molecule has 2 aromatic rings. The number of benzene rings is 2. The summed E-state index contributed by atoms with van der Waals surface area (Å²) in [7, 11) is 0. The average molecular weight is 367 g/mol. The Bertz CT molecular complexity index is 798. The van der Waals surface area contributed by atoms with Crippen LogP contribution in [0.3, 0.4) is 0 Å². The topological polar surface area (TPSA) is 39.1 Å². The summed E-state index contributed by atoms with van der Waals surface area (Å²) in [6, 6.07) is 13.8. The fourth-order valence-corrected chi connectivity index (χ4v) is 4.37. The second-order valence-electron chi connectivity index (χ2n) is 7.53. The van der Waals surface area contributed by atoms with Gasteiger partial charge in [0.05, 0.1) is 6.21 Å². The first-order valence-electron chi connectivity index (χ1n) is 9.77. The highest BCUT2D eigenvalue weighted by Gasteiger charge is 2.29.